The lowest BCUT2D eigenvalue weighted by atomic mass is 10.0. The van der Waals surface area contributed by atoms with Crippen LogP contribution in [0.1, 0.15) is 64.2 Å². The van der Waals surface area contributed by atoms with Crippen LogP contribution in [0, 0.1) is 0 Å². The molecule has 7 nitrogen and oxygen atoms in total. The molecule has 2 rings (SSSR count). The van der Waals surface area contributed by atoms with Gasteiger partial charge in [0.25, 0.3) is 5.91 Å². The van der Waals surface area contributed by atoms with Crippen LogP contribution < -0.4 is 5.32 Å². The molecule has 7 heteroatoms. The Kier molecular flexibility index (Phi) is 7.65. The standard InChI is InChI=1S/C22H33N3O4/c1-6-24(7-2)20(27)16-11-10-12-17(15-16)23-19(26)18-13-8-9-14-25(18)21(28)29-22(3,4)5/h10-12,15,18H,6-9,13-14H2,1-5H3,(H,23,26). The van der Waals surface area contributed by atoms with Gasteiger partial charge < -0.3 is 15.0 Å². The van der Waals surface area contributed by atoms with E-state index in [0.717, 1.165) is 12.8 Å². The zero-order chi connectivity index (χ0) is 21.6. The first-order valence-electron chi connectivity index (χ1n) is 10.4. The average Bonchev–Trinajstić information content (AvgIpc) is 2.67. The minimum atomic E-state index is -0.616. The van der Waals surface area contributed by atoms with Gasteiger partial charge in [0.05, 0.1) is 0 Å². The van der Waals surface area contributed by atoms with E-state index < -0.39 is 17.7 Å². The molecule has 3 amide bonds. The third-order valence-corrected chi connectivity index (χ3v) is 4.86. The van der Waals surface area contributed by atoms with Gasteiger partial charge in [-0.05, 0) is 72.1 Å². The van der Waals surface area contributed by atoms with Crippen molar-refractivity contribution >= 4 is 23.6 Å². The van der Waals surface area contributed by atoms with Gasteiger partial charge >= 0.3 is 6.09 Å². The van der Waals surface area contributed by atoms with Crippen LogP contribution in [-0.2, 0) is 9.53 Å². The molecule has 0 saturated carbocycles. The molecule has 1 aliphatic rings. The number of carbonyl (C=O) groups excluding carboxylic acids is 3. The van der Waals surface area contributed by atoms with Crippen LogP contribution in [0.15, 0.2) is 24.3 Å². The summed E-state index contributed by atoms with van der Waals surface area (Å²) in [7, 11) is 0. The summed E-state index contributed by atoms with van der Waals surface area (Å²) in [4.78, 5) is 41.3. The monoisotopic (exact) mass is 403 g/mol. The van der Waals surface area contributed by atoms with Crippen LogP contribution in [-0.4, -0.2) is 59.0 Å². The van der Waals surface area contributed by atoms with Gasteiger partial charge in [-0.2, -0.15) is 0 Å². The average molecular weight is 404 g/mol. The highest BCUT2D eigenvalue weighted by Crippen LogP contribution is 2.22. The van der Waals surface area contributed by atoms with Gasteiger partial charge in [-0.3, -0.25) is 14.5 Å². The third-order valence-electron chi connectivity index (χ3n) is 4.86. The van der Waals surface area contributed by atoms with Crippen molar-refractivity contribution in [3.05, 3.63) is 29.8 Å². The van der Waals surface area contributed by atoms with E-state index in [-0.39, 0.29) is 11.8 Å². The Morgan fingerprint density at radius 2 is 1.86 bits per heavy atom. The molecule has 1 unspecified atom stereocenters. The van der Waals surface area contributed by atoms with E-state index in [9.17, 15) is 14.4 Å². The van der Waals surface area contributed by atoms with Crippen LogP contribution in [0.2, 0.25) is 0 Å². The molecular weight excluding hydrogens is 370 g/mol. The summed E-state index contributed by atoms with van der Waals surface area (Å²) >= 11 is 0. The van der Waals surface area contributed by atoms with Gasteiger partial charge in [0, 0.05) is 30.9 Å². The molecule has 1 aromatic rings. The van der Waals surface area contributed by atoms with Gasteiger partial charge in [-0.15, -0.1) is 0 Å². The van der Waals surface area contributed by atoms with Gasteiger partial charge in [0.1, 0.15) is 11.6 Å². The van der Waals surface area contributed by atoms with Crippen molar-refractivity contribution in [1.29, 1.82) is 0 Å². The molecule has 1 N–H and O–H groups in total. The maximum absolute atomic E-state index is 12.9. The molecule has 0 spiro atoms. The number of carbonyl (C=O) groups is 3. The number of hydrogen-bond acceptors (Lipinski definition) is 4. The molecule has 1 heterocycles. The number of hydrogen-bond donors (Lipinski definition) is 1. The van der Waals surface area contributed by atoms with Crippen molar-refractivity contribution in [1.82, 2.24) is 9.80 Å². The van der Waals surface area contributed by atoms with Gasteiger partial charge in [0.2, 0.25) is 5.91 Å². The molecule has 1 aromatic carbocycles. The van der Waals surface area contributed by atoms with E-state index in [4.69, 9.17) is 4.74 Å². The summed E-state index contributed by atoms with van der Waals surface area (Å²) in [5.41, 5.74) is 0.455. The first-order chi connectivity index (χ1) is 13.7. The fourth-order valence-corrected chi connectivity index (χ4v) is 3.39. The number of likely N-dealkylation sites (tertiary alicyclic amines) is 1. The van der Waals surface area contributed by atoms with Crippen molar-refractivity contribution in [2.24, 2.45) is 0 Å². The Bertz CT molecular complexity index is 738. The number of anilines is 1. The number of nitrogens with one attached hydrogen (secondary N) is 1. The van der Waals surface area contributed by atoms with E-state index in [1.807, 2.05) is 34.6 Å². The molecule has 0 radical (unpaired) electrons. The van der Waals surface area contributed by atoms with Crippen molar-refractivity contribution < 1.29 is 19.1 Å². The quantitative estimate of drug-likeness (QED) is 0.809. The summed E-state index contributed by atoms with van der Waals surface area (Å²) in [5.74, 6) is -0.331. The maximum atomic E-state index is 12.9. The normalized spacial score (nSPS) is 16.9. The van der Waals surface area contributed by atoms with Crippen molar-refractivity contribution in [2.45, 2.75) is 65.5 Å². The molecule has 1 aliphatic heterocycles. The first-order valence-corrected chi connectivity index (χ1v) is 10.4. The lowest BCUT2D eigenvalue weighted by Crippen LogP contribution is -2.51. The Labute approximate surface area is 173 Å². The summed E-state index contributed by atoms with van der Waals surface area (Å²) in [6.07, 6.45) is 1.83. The van der Waals surface area contributed by atoms with Gasteiger partial charge in [-0.1, -0.05) is 6.07 Å². The summed E-state index contributed by atoms with van der Waals surface area (Å²) < 4.78 is 5.47. The molecule has 0 bridgehead atoms. The predicted octanol–water partition coefficient (Wildman–Crippen LogP) is 3.90. The summed E-state index contributed by atoms with van der Waals surface area (Å²) in [6, 6.07) is 6.33. The lowest BCUT2D eigenvalue weighted by molar-refractivity contribution is -0.122. The number of amides is 3. The third kappa shape index (κ3) is 6.21. The molecule has 1 saturated heterocycles. The zero-order valence-corrected chi connectivity index (χ0v) is 18.2. The fourth-order valence-electron chi connectivity index (χ4n) is 3.39. The summed E-state index contributed by atoms with van der Waals surface area (Å²) in [6.45, 7) is 11.0. The van der Waals surface area contributed by atoms with Crippen LogP contribution >= 0.6 is 0 Å². The van der Waals surface area contributed by atoms with E-state index in [2.05, 4.69) is 5.32 Å². The molecular formula is C22H33N3O4. The number of piperidine rings is 1. The van der Waals surface area contributed by atoms with E-state index in [0.29, 0.717) is 37.3 Å². The Hall–Kier alpha value is -2.57. The van der Waals surface area contributed by atoms with Crippen molar-refractivity contribution in [3.8, 4) is 0 Å². The minimum Gasteiger partial charge on any atom is -0.444 e. The molecule has 160 valence electrons. The molecule has 1 atom stereocenters. The number of nitrogens with zero attached hydrogens (tertiary/aromatic N) is 2. The van der Waals surface area contributed by atoms with Crippen LogP contribution in [0.3, 0.4) is 0 Å². The topological polar surface area (TPSA) is 79.0 Å². The number of benzene rings is 1. The highest BCUT2D eigenvalue weighted by molar-refractivity contribution is 5.99. The van der Waals surface area contributed by atoms with E-state index in [1.165, 1.54) is 4.90 Å². The highest BCUT2D eigenvalue weighted by Gasteiger charge is 2.34. The Morgan fingerprint density at radius 1 is 1.17 bits per heavy atom. The number of ether oxygens (including phenoxy) is 1. The molecule has 1 fully saturated rings. The smallest absolute Gasteiger partial charge is 0.410 e. The molecule has 0 aliphatic carbocycles. The zero-order valence-electron chi connectivity index (χ0n) is 18.2. The predicted molar refractivity (Wildman–Crippen MR) is 113 cm³/mol. The van der Waals surface area contributed by atoms with E-state index >= 15 is 0 Å². The van der Waals surface area contributed by atoms with Crippen LogP contribution in [0.25, 0.3) is 0 Å². The number of rotatable bonds is 5. The minimum absolute atomic E-state index is 0.0702. The maximum Gasteiger partial charge on any atom is 0.410 e. The second-order valence-electron chi connectivity index (χ2n) is 8.23. The molecule has 29 heavy (non-hydrogen) atoms. The second-order valence-corrected chi connectivity index (χ2v) is 8.23. The summed E-state index contributed by atoms with van der Waals surface area (Å²) in [5, 5.41) is 2.87. The van der Waals surface area contributed by atoms with Crippen molar-refractivity contribution in [2.75, 3.05) is 25.0 Å². The van der Waals surface area contributed by atoms with Crippen molar-refractivity contribution in [3.63, 3.8) is 0 Å². The second kappa shape index (κ2) is 9.76. The molecule has 0 aromatic heterocycles. The van der Waals surface area contributed by atoms with Crippen LogP contribution in [0.4, 0.5) is 10.5 Å². The van der Waals surface area contributed by atoms with Gasteiger partial charge in [-0.25, -0.2) is 4.79 Å². The van der Waals surface area contributed by atoms with Gasteiger partial charge in [0.15, 0.2) is 0 Å². The Morgan fingerprint density at radius 3 is 2.48 bits per heavy atom. The highest BCUT2D eigenvalue weighted by atomic mass is 16.6. The largest absolute Gasteiger partial charge is 0.444 e. The van der Waals surface area contributed by atoms with E-state index in [1.54, 1.807) is 29.2 Å². The van der Waals surface area contributed by atoms with Crippen LogP contribution in [0.5, 0.6) is 0 Å². The lowest BCUT2D eigenvalue weighted by Gasteiger charge is -2.35. The SMILES string of the molecule is CCN(CC)C(=O)c1cccc(NC(=O)C2CCCCN2C(=O)OC(C)(C)C)c1. The Balaban J connectivity index is 2.12. The fraction of sp³-hybridized carbons (Fsp3) is 0.591. The first kappa shape index (κ1) is 22.7.